The van der Waals surface area contributed by atoms with Gasteiger partial charge in [-0.3, -0.25) is 4.98 Å². The lowest BCUT2D eigenvalue weighted by molar-refractivity contribution is 1.41. The standard InChI is InChI=1S/C29H19N/c1-2-10-20(11-3-1)28-23-13-5-7-15-25(23)29(26-16-8-6-14-24(26)28)22-18-21-12-4-9-17-27(21)30-19-22/h1-19H. The van der Waals surface area contributed by atoms with Crippen molar-refractivity contribution in [3.8, 4) is 22.3 Å². The molecular formula is C29H19N. The molecule has 5 aromatic carbocycles. The summed E-state index contributed by atoms with van der Waals surface area (Å²) in [4.78, 5) is 4.75. The summed E-state index contributed by atoms with van der Waals surface area (Å²) in [5.41, 5.74) is 5.96. The molecule has 1 nitrogen and oxygen atoms in total. The molecule has 0 unspecified atom stereocenters. The van der Waals surface area contributed by atoms with Crippen molar-refractivity contribution in [3.63, 3.8) is 0 Å². The maximum atomic E-state index is 4.75. The minimum atomic E-state index is 1.02. The molecule has 1 heterocycles. The van der Waals surface area contributed by atoms with E-state index < -0.39 is 0 Å². The van der Waals surface area contributed by atoms with E-state index in [2.05, 4.69) is 103 Å². The number of hydrogen-bond donors (Lipinski definition) is 0. The maximum Gasteiger partial charge on any atom is 0.0702 e. The highest BCUT2D eigenvalue weighted by molar-refractivity contribution is 6.21. The smallest absolute Gasteiger partial charge is 0.0702 e. The van der Waals surface area contributed by atoms with Crippen LogP contribution >= 0.6 is 0 Å². The van der Waals surface area contributed by atoms with Crippen molar-refractivity contribution in [2.45, 2.75) is 0 Å². The predicted octanol–water partition coefficient (Wildman–Crippen LogP) is 7.88. The Labute approximate surface area is 175 Å². The Balaban J connectivity index is 1.79. The Bertz CT molecular complexity index is 1470. The van der Waals surface area contributed by atoms with E-state index in [1.54, 1.807) is 0 Å². The number of benzene rings is 5. The second kappa shape index (κ2) is 6.82. The SMILES string of the molecule is c1ccc(-c2c3ccccc3c(-c3cnc4ccccc4c3)c3ccccc23)cc1. The highest BCUT2D eigenvalue weighted by Crippen LogP contribution is 2.43. The van der Waals surface area contributed by atoms with Gasteiger partial charge in [-0.1, -0.05) is 97.1 Å². The molecular weight excluding hydrogens is 362 g/mol. The molecule has 0 amide bonds. The fourth-order valence-electron chi connectivity index (χ4n) is 4.56. The van der Waals surface area contributed by atoms with Gasteiger partial charge in [0, 0.05) is 17.1 Å². The first-order chi connectivity index (χ1) is 14.9. The number of nitrogens with zero attached hydrogens (tertiary/aromatic N) is 1. The molecule has 0 aliphatic rings. The number of para-hydroxylation sites is 1. The van der Waals surface area contributed by atoms with Crippen LogP contribution < -0.4 is 0 Å². The molecule has 0 fully saturated rings. The molecule has 0 bridgehead atoms. The molecule has 1 aromatic heterocycles. The van der Waals surface area contributed by atoms with Crippen molar-refractivity contribution in [2.24, 2.45) is 0 Å². The van der Waals surface area contributed by atoms with E-state index in [-0.39, 0.29) is 0 Å². The summed E-state index contributed by atoms with van der Waals surface area (Å²) in [5.74, 6) is 0. The first-order valence-electron chi connectivity index (χ1n) is 10.2. The fraction of sp³-hybridized carbons (Fsp3) is 0. The van der Waals surface area contributed by atoms with Crippen molar-refractivity contribution in [2.75, 3.05) is 0 Å². The molecule has 0 saturated heterocycles. The molecule has 0 aliphatic heterocycles. The van der Waals surface area contributed by atoms with E-state index in [1.165, 1.54) is 38.2 Å². The first-order valence-corrected chi connectivity index (χ1v) is 10.2. The van der Waals surface area contributed by atoms with Gasteiger partial charge < -0.3 is 0 Å². The van der Waals surface area contributed by atoms with Crippen molar-refractivity contribution in [1.82, 2.24) is 4.98 Å². The number of fused-ring (bicyclic) bond motifs is 3. The molecule has 0 N–H and O–H groups in total. The topological polar surface area (TPSA) is 12.9 Å². The lowest BCUT2D eigenvalue weighted by atomic mass is 9.86. The fourth-order valence-corrected chi connectivity index (χ4v) is 4.56. The van der Waals surface area contributed by atoms with Crippen LogP contribution in [0, 0.1) is 0 Å². The summed E-state index contributed by atoms with van der Waals surface area (Å²) in [5, 5.41) is 6.21. The monoisotopic (exact) mass is 381 g/mol. The number of rotatable bonds is 2. The van der Waals surface area contributed by atoms with Gasteiger partial charge in [0.1, 0.15) is 0 Å². The molecule has 0 aliphatic carbocycles. The summed E-state index contributed by atoms with van der Waals surface area (Å²) < 4.78 is 0. The molecule has 0 saturated carbocycles. The summed E-state index contributed by atoms with van der Waals surface area (Å²) in [7, 11) is 0. The van der Waals surface area contributed by atoms with Crippen molar-refractivity contribution >= 4 is 32.4 Å². The van der Waals surface area contributed by atoms with Gasteiger partial charge in [-0.15, -0.1) is 0 Å². The number of hydrogen-bond acceptors (Lipinski definition) is 1. The van der Waals surface area contributed by atoms with Crippen LogP contribution in [0.1, 0.15) is 0 Å². The van der Waals surface area contributed by atoms with Gasteiger partial charge in [-0.25, -0.2) is 0 Å². The zero-order chi connectivity index (χ0) is 19.9. The van der Waals surface area contributed by atoms with Crippen LogP contribution in [0.4, 0.5) is 0 Å². The van der Waals surface area contributed by atoms with Crippen molar-refractivity contribution in [3.05, 3.63) is 115 Å². The minimum Gasteiger partial charge on any atom is -0.256 e. The van der Waals surface area contributed by atoms with E-state index in [0.29, 0.717) is 0 Å². The first kappa shape index (κ1) is 16.9. The molecule has 0 radical (unpaired) electrons. The number of pyridine rings is 1. The normalized spacial score (nSPS) is 11.3. The van der Waals surface area contributed by atoms with Crippen LogP contribution in [0.5, 0.6) is 0 Å². The quantitative estimate of drug-likeness (QED) is 0.278. The van der Waals surface area contributed by atoms with Crippen LogP contribution in [0.2, 0.25) is 0 Å². The molecule has 1 heteroatoms. The van der Waals surface area contributed by atoms with Crippen molar-refractivity contribution in [1.29, 1.82) is 0 Å². The van der Waals surface area contributed by atoms with Gasteiger partial charge in [-0.2, -0.15) is 0 Å². The Morgan fingerprint density at radius 3 is 1.57 bits per heavy atom. The van der Waals surface area contributed by atoms with Gasteiger partial charge in [-0.05, 0) is 50.4 Å². The van der Waals surface area contributed by atoms with Crippen LogP contribution in [0.25, 0.3) is 54.7 Å². The predicted molar refractivity (Wildman–Crippen MR) is 128 cm³/mol. The lowest BCUT2D eigenvalue weighted by Crippen LogP contribution is -1.91. The summed E-state index contributed by atoms with van der Waals surface area (Å²) in [6.07, 6.45) is 2.01. The van der Waals surface area contributed by atoms with Gasteiger partial charge in [0.15, 0.2) is 0 Å². The summed E-state index contributed by atoms with van der Waals surface area (Å²) >= 11 is 0. The number of aromatic nitrogens is 1. The van der Waals surface area contributed by atoms with E-state index >= 15 is 0 Å². The Hall–Kier alpha value is -3.97. The second-order valence-electron chi connectivity index (χ2n) is 7.62. The summed E-state index contributed by atoms with van der Waals surface area (Å²) in [6.45, 7) is 0. The van der Waals surface area contributed by atoms with Gasteiger partial charge >= 0.3 is 0 Å². The van der Waals surface area contributed by atoms with Gasteiger partial charge in [0.05, 0.1) is 5.52 Å². The van der Waals surface area contributed by atoms with Crippen LogP contribution in [0.3, 0.4) is 0 Å². The average molecular weight is 381 g/mol. The highest BCUT2D eigenvalue weighted by Gasteiger charge is 2.16. The zero-order valence-corrected chi connectivity index (χ0v) is 16.4. The highest BCUT2D eigenvalue weighted by atomic mass is 14.6. The van der Waals surface area contributed by atoms with Gasteiger partial charge in [0.25, 0.3) is 0 Å². The van der Waals surface area contributed by atoms with E-state index in [1.807, 2.05) is 12.3 Å². The lowest BCUT2D eigenvalue weighted by Gasteiger charge is -2.17. The summed E-state index contributed by atoms with van der Waals surface area (Å²) in [6, 6.07) is 38.7. The largest absolute Gasteiger partial charge is 0.256 e. The molecule has 0 spiro atoms. The third kappa shape index (κ3) is 2.60. The van der Waals surface area contributed by atoms with E-state index in [0.717, 1.165) is 16.5 Å². The average Bonchev–Trinajstić information content (AvgIpc) is 2.82. The Morgan fingerprint density at radius 1 is 0.433 bits per heavy atom. The minimum absolute atomic E-state index is 1.02. The van der Waals surface area contributed by atoms with E-state index in [9.17, 15) is 0 Å². The third-order valence-corrected chi connectivity index (χ3v) is 5.87. The van der Waals surface area contributed by atoms with E-state index in [4.69, 9.17) is 4.98 Å². The zero-order valence-electron chi connectivity index (χ0n) is 16.4. The molecule has 6 aromatic rings. The Kier molecular flexibility index (Phi) is 3.85. The second-order valence-corrected chi connectivity index (χ2v) is 7.62. The molecule has 30 heavy (non-hydrogen) atoms. The molecule has 0 atom stereocenters. The van der Waals surface area contributed by atoms with Crippen molar-refractivity contribution < 1.29 is 0 Å². The molecule has 6 rings (SSSR count). The third-order valence-electron chi connectivity index (χ3n) is 5.87. The van der Waals surface area contributed by atoms with Gasteiger partial charge in [0.2, 0.25) is 0 Å². The van der Waals surface area contributed by atoms with Crippen LogP contribution in [0.15, 0.2) is 115 Å². The Morgan fingerprint density at radius 2 is 0.933 bits per heavy atom. The molecule has 140 valence electrons. The van der Waals surface area contributed by atoms with Crippen LogP contribution in [-0.4, -0.2) is 4.98 Å². The maximum absolute atomic E-state index is 4.75. The van der Waals surface area contributed by atoms with Crippen LogP contribution in [-0.2, 0) is 0 Å².